The van der Waals surface area contributed by atoms with E-state index in [2.05, 4.69) is 5.32 Å². The van der Waals surface area contributed by atoms with E-state index in [-0.39, 0.29) is 11.5 Å². The fourth-order valence-corrected chi connectivity index (χ4v) is 4.09. The van der Waals surface area contributed by atoms with Gasteiger partial charge in [-0.1, -0.05) is 12.8 Å². The van der Waals surface area contributed by atoms with Crippen molar-refractivity contribution >= 4 is 22.5 Å². The average Bonchev–Trinajstić information content (AvgIpc) is 2.79. The number of rotatable bonds is 5. The molecule has 3 aromatic rings. The maximum absolute atomic E-state index is 13.0. The van der Waals surface area contributed by atoms with Crippen LogP contribution in [0.2, 0.25) is 0 Å². The molecule has 0 spiro atoms. The molecule has 1 aromatic heterocycles. The molecule has 0 fully saturated rings. The van der Waals surface area contributed by atoms with Crippen molar-refractivity contribution in [2.45, 2.75) is 38.6 Å². The first kappa shape index (κ1) is 21.7. The lowest BCUT2D eigenvalue weighted by Crippen LogP contribution is -2.26. The van der Waals surface area contributed by atoms with Crippen LogP contribution in [0.3, 0.4) is 0 Å². The van der Waals surface area contributed by atoms with E-state index in [4.69, 9.17) is 19.2 Å². The van der Waals surface area contributed by atoms with Crippen molar-refractivity contribution in [2.24, 2.45) is 0 Å². The number of benzene rings is 2. The first-order valence-electron chi connectivity index (χ1n) is 10.7. The summed E-state index contributed by atoms with van der Waals surface area (Å²) in [5.41, 5.74) is 1.41. The number of hydrogen-bond donors (Lipinski definition) is 1. The molecule has 1 aliphatic rings. The number of carbonyl (C=O) groups excluding carboxylic acids is 1. The molecule has 0 saturated carbocycles. The zero-order chi connectivity index (χ0) is 22.7. The first-order valence-corrected chi connectivity index (χ1v) is 10.7. The van der Waals surface area contributed by atoms with Gasteiger partial charge < -0.3 is 19.5 Å². The van der Waals surface area contributed by atoms with Crippen LogP contribution in [0.1, 0.15) is 41.9 Å². The highest BCUT2D eigenvalue weighted by Crippen LogP contribution is 2.40. The number of nitrogens with one attached hydrogen (secondary N) is 1. The lowest BCUT2D eigenvalue weighted by molar-refractivity contribution is 0.102. The monoisotopic (exact) mass is 437 g/mol. The summed E-state index contributed by atoms with van der Waals surface area (Å²) in [6.45, 7) is 0.695. The molecular formula is C24H27N3O5. The molecule has 0 bridgehead atoms. The highest BCUT2D eigenvalue weighted by Gasteiger charge is 2.17. The summed E-state index contributed by atoms with van der Waals surface area (Å²) < 4.78 is 17.8. The number of ether oxygens (including phenoxy) is 3. The maximum Gasteiger partial charge on any atom is 0.261 e. The van der Waals surface area contributed by atoms with Gasteiger partial charge >= 0.3 is 0 Å². The molecule has 1 aliphatic heterocycles. The van der Waals surface area contributed by atoms with E-state index in [0.29, 0.717) is 45.9 Å². The second-order valence-electron chi connectivity index (χ2n) is 7.75. The second-order valence-corrected chi connectivity index (χ2v) is 7.75. The average molecular weight is 437 g/mol. The first-order chi connectivity index (χ1) is 15.5. The minimum absolute atomic E-state index is 0.0384. The summed E-state index contributed by atoms with van der Waals surface area (Å²) >= 11 is 0. The van der Waals surface area contributed by atoms with Gasteiger partial charge in [0.05, 0.1) is 32.2 Å². The van der Waals surface area contributed by atoms with Crippen LogP contribution in [-0.2, 0) is 13.0 Å². The molecule has 0 saturated heterocycles. The molecule has 2 heterocycles. The second kappa shape index (κ2) is 9.30. The Morgan fingerprint density at radius 2 is 1.69 bits per heavy atom. The van der Waals surface area contributed by atoms with E-state index in [0.717, 1.165) is 37.9 Å². The van der Waals surface area contributed by atoms with E-state index in [9.17, 15) is 9.59 Å². The maximum atomic E-state index is 13.0. The van der Waals surface area contributed by atoms with Crippen molar-refractivity contribution in [3.05, 3.63) is 52.1 Å². The molecule has 1 N–H and O–H groups in total. The van der Waals surface area contributed by atoms with Gasteiger partial charge in [0.2, 0.25) is 5.75 Å². The van der Waals surface area contributed by atoms with Gasteiger partial charge in [0.1, 0.15) is 5.82 Å². The van der Waals surface area contributed by atoms with Crippen LogP contribution in [0.5, 0.6) is 17.2 Å². The molecule has 0 aliphatic carbocycles. The summed E-state index contributed by atoms with van der Waals surface area (Å²) in [7, 11) is 4.55. The van der Waals surface area contributed by atoms with Crippen LogP contribution in [-0.4, -0.2) is 36.8 Å². The minimum atomic E-state index is -0.324. The van der Waals surface area contributed by atoms with E-state index < -0.39 is 0 Å². The molecule has 0 unspecified atom stereocenters. The number of anilines is 1. The third kappa shape index (κ3) is 4.12. The van der Waals surface area contributed by atoms with Gasteiger partial charge in [-0.25, -0.2) is 4.98 Å². The van der Waals surface area contributed by atoms with E-state index >= 15 is 0 Å². The van der Waals surface area contributed by atoms with Gasteiger partial charge in [-0.3, -0.25) is 14.2 Å². The molecule has 8 heteroatoms. The van der Waals surface area contributed by atoms with Gasteiger partial charge in [0, 0.05) is 36.3 Å². The van der Waals surface area contributed by atoms with E-state index in [1.165, 1.54) is 21.3 Å². The van der Waals surface area contributed by atoms with Crippen LogP contribution in [0.4, 0.5) is 5.69 Å². The lowest BCUT2D eigenvalue weighted by Gasteiger charge is -2.16. The van der Waals surface area contributed by atoms with Crippen molar-refractivity contribution in [1.82, 2.24) is 9.55 Å². The van der Waals surface area contributed by atoms with Crippen LogP contribution in [0.15, 0.2) is 35.1 Å². The highest BCUT2D eigenvalue weighted by molar-refractivity contribution is 6.06. The Kier molecular flexibility index (Phi) is 6.30. The summed E-state index contributed by atoms with van der Waals surface area (Å²) in [4.78, 5) is 30.7. The quantitative estimate of drug-likeness (QED) is 0.653. The molecule has 1 amide bonds. The van der Waals surface area contributed by atoms with Crippen molar-refractivity contribution < 1.29 is 19.0 Å². The smallest absolute Gasteiger partial charge is 0.261 e. The number of carbonyl (C=O) groups is 1. The minimum Gasteiger partial charge on any atom is -0.493 e. The summed E-state index contributed by atoms with van der Waals surface area (Å²) in [6, 6.07) is 8.32. The molecule has 32 heavy (non-hydrogen) atoms. The van der Waals surface area contributed by atoms with Gasteiger partial charge in [0.15, 0.2) is 11.5 Å². The van der Waals surface area contributed by atoms with Gasteiger partial charge in [0.25, 0.3) is 11.5 Å². The third-order valence-corrected chi connectivity index (χ3v) is 5.75. The Bertz CT molecular complexity index is 1190. The number of methoxy groups -OCH3 is 3. The summed E-state index contributed by atoms with van der Waals surface area (Å²) in [5, 5.41) is 3.38. The molecular weight excluding hydrogens is 410 g/mol. The van der Waals surface area contributed by atoms with Gasteiger partial charge in [-0.05, 0) is 31.0 Å². The SMILES string of the molecule is COc1cc(NC(=O)c2ccc3c(=O)n4c(nc3c2)CCCCCC4)cc(OC)c1OC. The standard InChI is InChI=1S/C24H27N3O5/c1-30-19-13-16(14-20(31-2)22(19)32-3)25-23(28)15-9-10-17-18(12-15)26-21-8-6-4-5-7-11-27(21)24(17)29/h9-10,12-14H,4-8,11H2,1-3H3,(H,25,28). The summed E-state index contributed by atoms with van der Waals surface area (Å²) in [5.74, 6) is 1.79. The van der Waals surface area contributed by atoms with Crippen molar-refractivity contribution in [3.8, 4) is 17.2 Å². The third-order valence-electron chi connectivity index (χ3n) is 5.75. The fraction of sp³-hybridized carbons (Fsp3) is 0.375. The van der Waals surface area contributed by atoms with Crippen molar-refractivity contribution in [2.75, 3.05) is 26.6 Å². The van der Waals surface area contributed by atoms with Crippen molar-refractivity contribution in [3.63, 3.8) is 0 Å². The van der Waals surface area contributed by atoms with Crippen molar-refractivity contribution in [1.29, 1.82) is 0 Å². The Balaban J connectivity index is 1.67. The molecule has 0 atom stereocenters. The van der Waals surface area contributed by atoms with Crippen LogP contribution >= 0.6 is 0 Å². The number of aryl methyl sites for hydroxylation is 1. The lowest BCUT2D eigenvalue weighted by atomic mass is 10.1. The predicted octanol–water partition coefficient (Wildman–Crippen LogP) is 3.79. The molecule has 4 rings (SSSR count). The predicted molar refractivity (Wildman–Crippen MR) is 122 cm³/mol. The molecule has 8 nitrogen and oxygen atoms in total. The Hall–Kier alpha value is -3.55. The largest absolute Gasteiger partial charge is 0.493 e. The topological polar surface area (TPSA) is 91.7 Å². The van der Waals surface area contributed by atoms with Crippen LogP contribution in [0.25, 0.3) is 10.9 Å². The number of hydrogen-bond acceptors (Lipinski definition) is 6. The molecule has 168 valence electrons. The fourth-order valence-electron chi connectivity index (χ4n) is 4.09. The molecule has 0 radical (unpaired) electrons. The number of amides is 1. The van der Waals surface area contributed by atoms with Crippen LogP contribution in [0, 0.1) is 0 Å². The summed E-state index contributed by atoms with van der Waals surface area (Å²) in [6.07, 6.45) is 5.04. The number of fused-ring (bicyclic) bond motifs is 2. The van der Waals surface area contributed by atoms with E-state index in [1.54, 1.807) is 34.9 Å². The van der Waals surface area contributed by atoms with E-state index in [1.807, 2.05) is 0 Å². The number of nitrogens with zero attached hydrogens (tertiary/aromatic N) is 2. The van der Waals surface area contributed by atoms with Crippen LogP contribution < -0.4 is 25.1 Å². The Morgan fingerprint density at radius 3 is 2.38 bits per heavy atom. The highest BCUT2D eigenvalue weighted by atomic mass is 16.5. The van der Waals surface area contributed by atoms with Gasteiger partial charge in [-0.15, -0.1) is 0 Å². The molecule has 2 aromatic carbocycles. The number of aromatic nitrogens is 2. The Morgan fingerprint density at radius 1 is 0.969 bits per heavy atom. The normalized spacial score (nSPS) is 13.6. The Labute approximate surface area is 186 Å². The zero-order valence-corrected chi connectivity index (χ0v) is 18.6. The van der Waals surface area contributed by atoms with Gasteiger partial charge in [-0.2, -0.15) is 0 Å². The zero-order valence-electron chi connectivity index (χ0n) is 18.6.